The second kappa shape index (κ2) is 5.19. The second-order valence-electron chi connectivity index (χ2n) is 3.96. The third kappa shape index (κ3) is 2.97. The smallest absolute Gasteiger partial charge is 0.371 e. The van der Waals surface area contributed by atoms with Crippen molar-refractivity contribution in [3.63, 3.8) is 0 Å². The molecule has 0 spiro atoms. The molecule has 0 fully saturated rings. The van der Waals surface area contributed by atoms with E-state index in [4.69, 9.17) is 9.52 Å². The van der Waals surface area contributed by atoms with Crippen molar-refractivity contribution in [3.05, 3.63) is 59.1 Å². The summed E-state index contributed by atoms with van der Waals surface area (Å²) >= 11 is 0. The van der Waals surface area contributed by atoms with Crippen LogP contribution in [-0.4, -0.2) is 16.2 Å². The van der Waals surface area contributed by atoms with Crippen molar-refractivity contribution in [1.29, 1.82) is 0 Å². The fourth-order valence-electron chi connectivity index (χ4n) is 1.64. The van der Waals surface area contributed by atoms with Crippen LogP contribution < -0.4 is 0 Å². The van der Waals surface area contributed by atoms with Gasteiger partial charge in [-0.1, -0.05) is 6.07 Å². The van der Waals surface area contributed by atoms with E-state index in [1.54, 1.807) is 0 Å². The molecule has 1 unspecified atom stereocenters. The number of benzene rings is 1. The van der Waals surface area contributed by atoms with Crippen LogP contribution in [0.4, 0.5) is 8.78 Å². The van der Waals surface area contributed by atoms with E-state index >= 15 is 0 Å². The molecule has 2 rings (SSSR count). The van der Waals surface area contributed by atoms with Crippen molar-refractivity contribution in [1.82, 2.24) is 0 Å². The van der Waals surface area contributed by atoms with Gasteiger partial charge in [0.2, 0.25) is 5.76 Å². The van der Waals surface area contributed by atoms with E-state index in [9.17, 15) is 18.7 Å². The van der Waals surface area contributed by atoms with Crippen LogP contribution in [0.25, 0.3) is 0 Å². The SMILES string of the molecule is O=C(O)c1ccc(C(O)Cc2ccc(F)cc2F)o1. The molecule has 0 saturated carbocycles. The van der Waals surface area contributed by atoms with Crippen LogP contribution in [0.3, 0.4) is 0 Å². The van der Waals surface area contributed by atoms with E-state index in [2.05, 4.69) is 0 Å². The minimum atomic E-state index is -1.26. The Balaban J connectivity index is 2.15. The summed E-state index contributed by atoms with van der Waals surface area (Å²) < 4.78 is 31.0. The molecule has 0 radical (unpaired) electrons. The molecule has 0 amide bonds. The van der Waals surface area contributed by atoms with Crippen molar-refractivity contribution in [3.8, 4) is 0 Å². The van der Waals surface area contributed by atoms with Crippen LogP contribution in [0.2, 0.25) is 0 Å². The molecule has 6 heteroatoms. The minimum absolute atomic E-state index is 0.0149. The van der Waals surface area contributed by atoms with E-state index in [0.29, 0.717) is 6.07 Å². The second-order valence-corrected chi connectivity index (χ2v) is 3.96. The third-order valence-electron chi connectivity index (χ3n) is 2.59. The Bertz CT molecular complexity index is 606. The number of aliphatic hydroxyl groups is 1. The molecule has 0 aliphatic carbocycles. The number of carbonyl (C=O) groups is 1. The van der Waals surface area contributed by atoms with Crippen molar-refractivity contribution in [2.24, 2.45) is 0 Å². The van der Waals surface area contributed by atoms with Gasteiger partial charge in [0.25, 0.3) is 0 Å². The van der Waals surface area contributed by atoms with Gasteiger partial charge < -0.3 is 14.6 Å². The predicted octanol–water partition coefficient (Wildman–Crippen LogP) is 2.53. The van der Waals surface area contributed by atoms with Crippen LogP contribution in [-0.2, 0) is 6.42 Å². The molecule has 0 saturated heterocycles. The Kier molecular flexibility index (Phi) is 3.62. The van der Waals surface area contributed by atoms with Crippen molar-refractivity contribution >= 4 is 5.97 Å². The number of aliphatic hydroxyl groups excluding tert-OH is 1. The van der Waals surface area contributed by atoms with E-state index in [1.807, 2.05) is 0 Å². The molecule has 1 atom stereocenters. The topological polar surface area (TPSA) is 70.7 Å². The number of furan rings is 1. The highest BCUT2D eigenvalue weighted by atomic mass is 19.1. The Hall–Kier alpha value is -2.21. The lowest BCUT2D eigenvalue weighted by molar-refractivity contribution is 0.0651. The largest absolute Gasteiger partial charge is 0.475 e. The van der Waals surface area contributed by atoms with Gasteiger partial charge in [-0.25, -0.2) is 13.6 Å². The third-order valence-corrected chi connectivity index (χ3v) is 2.59. The molecule has 1 aromatic carbocycles. The van der Waals surface area contributed by atoms with Gasteiger partial charge in [0.05, 0.1) is 0 Å². The predicted molar refractivity (Wildman–Crippen MR) is 60.7 cm³/mol. The standard InChI is InChI=1S/C13H10F2O4/c14-8-2-1-7(9(15)6-8)5-10(16)11-3-4-12(19-11)13(17)18/h1-4,6,10,16H,5H2,(H,17,18). The van der Waals surface area contributed by atoms with Gasteiger partial charge >= 0.3 is 5.97 Å². The van der Waals surface area contributed by atoms with E-state index in [1.165, 1.54) is 18.2 Å². The Labute approximate surface area is 106 Å². The van der Waals surface area contributed by atoms with Gasteiger partial charge in [-0.05, 0) is 23.8 Å². The molecule has 1 aromatic heterocycles. The van der Waals surface area contributed by atoms with Crippen molar-refractivity contribution < 1.29 is 28.2 Å². The number of carboxylic acid groups (broad SMARTS) is 1. The number of hydrogen-bond acceptors (Lipinski definition) is 3. The zero-order valence-electron chi connectivity index (χ0n) is 9.64. The van der Waals surface area contributed by atoms with Crippen LogP contribution in [0.5, 0.6) is 0 Å². The summed E-state index contributed by atoms with van der Waals surface area (Å²) in [5.74, 6) is -3.04. The average molecular weight is 268 g/mol. The molecular weight excluding hydrogens is 258 g/mol. The summed E-state index contributed by atoms with van der Waals surface area (Å²) in [6, 6.07) is 5.51. The molecule has 19 heavy (non-hydrogen) atoms. The van der Waals surface area contributed by atoms with E-state index in [0.717, 1.165) is 6.07 Å². The first-order valence-corrected chi connectivity index (χ1v) is 5.42. The number of aromatic carboxylic acids is 1. The summed E-state index contributed by atoms with van der Waals surface area (Å²) in [5, 5.41) is 18.5. The molecule has 0 aliphatic heterocycles. The maximum absolute atomic E-state index is 13.4. The first-order valence-electron chi connectivity index (χ1n) is 5.42. The van der Waals surface area contributed by atoms with Gasteiger partial charge in [0.15, 0.2) is 0 Å². The van der Waals surface area contributed by atoms with Gasteiger partial charge in [-0.2, -0.15) is 0 Å². The van der Waals surface area contributed by atoms with Crippen LogP contribution >= 0.6 is 0 Å². The first kappa shape index (κ1) is 13.2. The fourth-order valence-corrected chi connectivity index (χ4v) is 1.64. The van der Waals surface area contributed by atoms with Gasteiger partial charge in [0.1, 0.15) is 23.5 Å². The molecular formula is C13H10F2O4. The lowest BCUT2D eigenvalue weighted by Crippen LogP contribution is -2.03. The highest BCUT2D eigenvalue weighted by Crippen LogP contribution is 2.22. The van der Waals surface area contributed by atoms with Gasteiger partial charge in [-0.15, -0.1) is 0 Å². The van der Waals surface area contributed by atoms with Gasteiger partial charge in [-0.3, -0.25) is 0 Å². The molecule has 2 aromatic rings. The zero-order chi connectivity index (χ0) is 14.0. The van der Waals surface area contributed by atoms with Crippen LogP contribution in [0, 0.1) is 11.6 Å². The quantitative estimate of drug-likeness (QED) is 0.893. The van der Waals surface area contributed by atoms with E-state index in [-0.39, 0.29) is 23.5 Å². The monoisotopic (exact) mass is 268 g/mol. The number of halogens is 2. The van der Waals surface area contributed by atoms with Gasteiger partial charge in [0, 0.05) is 12.5 Å². The Morgan fingerprint density at radius 1 is 1.26 bits per heavy atom. The molecule has 0 bridgehead atoms. The molecule has 100 valence electrons. The summed E-state index contributed by atoms with van der Waals surface area (Å²) in [7, 11) is 0. The highest BCUT2D eigenvalue weighted by molar-refractivity contribution is 5.84. The number of hydrogen-bond donors (Lipinski definition) is 2. The maximum Gasteiger partial charge on any atom is 0.371 e. The lowest BCUT2D eigenvalue weighted by Gasteiger charge is -2.08. The van der Waals surface area contributed by atoms with Crippen LogP contribution in [0.15, 0.2) is 34.7 Å². The average Bonchev–Trinajstić information content (AvgIpc) is 2.82. The fraction of sp³-hybridized carbons (Fsp3) is 0.154. The molecule has 4 nitrogen and oxygen atoms in total. The zero-order valence-corrected chi connectivity index (χ0v) is 9.64. The number of rotatable bonds is 4. The van der Waals surface area contributed by atoms with Crippen LogP contribution in [0.1, 0.15) is 28.0 Å². The molecule has 2 N–H and O–H groups in total. The van der Waals surface area contributed by atoms with Crippen molar-refractivity contribution in [2.45, 2.75) is 12.5 Å². The highest BCUT2D eigenvalue weighted by Gasteiger charge is 2.17. The summed E-state index contributed by atoms with van der Waals surface area (Å²) in [6.45, 7) is 0. The molecule has 0 aliphatic rings. The van der Waals surface area contributed by atoms with Crippen molar-refractivity contribution in [2.75, 3.05) is 0 Å². The summed E-state index contributed by atoms with van der Waals surface area (Å²) in [4.78, 5) is 10.6. The Morgan fingerprint density at radius 2 is 2.00 bits per heavy atom. The summed E-state index contributed by atoms with van der Waals surface area (Å²) in [5.41, 5.74) is 0.113. The Morgan fingerprint density at radius 3 is 2.58 bits per heavy atom. The first-order chi connectivity index (χ1) is 8.97. The lowest BCUT2D eigenvalue weighted by atomic mass is 10.1. The summed E-state index contributed by atoms with van der Waals surface area (Å²) in [6.07, 6.45) is -1.34. The maximum atomic E-state index is 13.4. The van der Waals surface area contributed by atoms with E-state index < -0.39 is 23.7 Å². The molecule has 1 heterocycles. The number of carboxylic acids is 1. The normalized spacial score (nSPS) is 12.4. The minimum Gasteiger partial charge on any atom is -0.475 e.